The number of hydrogen-bond acceptors (Lipinski definition) is 3. The molecule has 0 atom stereocenters. The molecule has 2 aromatic heterocycles. The summed E-state index contributed by atoms with van der Waals surface area (Å²) in [6.07, 6.45) is 0. The molecule has 2 aromatic carbocycles. The fourth-order valence-electron chi connectivity index (χ4n) is 2.70. The molecule has 0 saturated heterocycles. The molecule has 0 bridgehead atoms. The minimum Gasteiger partial charge on any atom is -0.355 e. The van der Waals surface area contributed by atoms with Crippen LogP contribution in [0.4, 0.5) is 0 Å². The predicted octanol–water partition coefficient (Wildman–Crippen LogP) is 3.35. The van der Waals surface area contributed by atoms with E-state index in [4.69, 9.17) is 4.52 Å². The van der Waals surface area contributed by atoms with Crippen molar-refractivity contribution in [3.05, 3.63) is 65.0 Å². The van der Waals surface area contributed by atoms with Crippen molar-refractivity contribution >= 4 is 21.8 Å². The van der Waals surface area contributed by atoms with Crippen molar-refractivity contribution in [2.24, 2.45) is 7.05 Å². The van der Waals surface area contributed by atoms with E-state index in [-0.39, 0.29) is 5.56 Å². The van der Waals surface area contributed by atoms with E-state index in [1.165, 1.54) is 0 Å². The van der Waals surface area contributed by atoms with Gasteiger partial charge in [-0.1, -0.05) is 53.7 Å². The van der Waals surface area contributed by atoms with Crippen LogP contribution in [-0.2, 0) is 7.05 Å². The lowest BCUT2D eigenvalue weighted by Crippen LogP contribution is -2.17. The number of aryl methyl sites for hydroxylation is 1. The highest BCUT2D eigenvalue weighted by atomic mass is 16.5. The van der Waals surface area contributed by atoms with Crippen molar-refractivity contribution in [1.82, 2.24) is 9.72 Å². The van der Waals surface area contributed by atoms with Gasteiger partial charge < -0.3 is 9.09 Å². The molecule has 0 fully saturated rings. The van der Waals surface area contributed by atoms with E-state index < -0.39 is 0 Å². The van der Waals surface area contributed by atoms with Crippen molar-refractivity contribution in [1.29, 1.82) is 0 Å². The fraction of sp³-hybridized carbons (Fsp3) is 0.0588. The van der Waals surface area contributed by atoms with Gasteiger partial charge in [0.15, 0.2) is 5.76 Å². The van der Waals surface area contributed by atoms with Gasteiger partial charge in [0.1, 0.15) is 10.9 Å². The molecule has 4 rings (SSSR count). The van der Waals surface area contributed by atoms with Crippen LogP contribution in [0.3, 0.4) is 0 Å². The second-order valence-corrected chi connectivity index (χ2v) is 4.98. The molecule has 0 radical (unpaired) electrons. The van der Waals surface area contributed by atoms with E-state index in [2.05, 4.69) is 5.16 Å². The third-order valence-corrected chi connectivity index (χ3v) is 3.77. The molecule has 0 aliphatic heterocycles. The molecule has 0 spiro atoms. The Hall–Kier alpha value is -2.88. The Kier molecular flexibility index (Phi) is 2.44. The number of hydrogen-bond donors (Lipinski definition) is 0. The average Bonchev–Trinajstić information content (AvgIpc) is 2.99. The van der Waals surface area contributed by atoms with Crippen LogP contribution >= 0.6 is 0 Å². The number of nitrogens with zero attached hydrogens (tertiary/aromatic N) is 2. The van der Waals surface area contributed by atoms with Gasteiger partial charge in [-0.15, -0.1) is 0 Å². The quantitative estimate of drug-likeness (QED) is 0.535. The molecular formula is C17H12N2O2. The zero-order chi connectivity index (χ0) is 14.4. The SMILES string of the molecule is Cn1c(=O)c2c(-c3ccccc3)onc2c2ccccc21. The molecule has 0 aliphatic carbocycles. The Morgan fingerprint density at radius 2 is 1.71 bits per heavy atom. The molecule has 4 heteroatoms. The standard InChI is InChI=1S/C17H12N2O2/c1-19-13-10-6-5-9-12(13)15-14(17(19)20)16(21-18-15)11-7-3-2-4-8-11/h2-10H,1H3. The summed E-state index contributed by atoms with van der Waals surface area (Å²) in [5.41, 5.74) is 2.23. The minimum absolute atomic E-state index is 0.0937. The Balaban J connectivity index is 2.21. The third kappa shape index (κ3) is 1.62. The highest BCUT2D eigenvalue weighted by molar-refractivity contribution is 6.07. The maximum Gasteiger partial charge on any atom is 0.264 e. The summed E-state index contributed by atoms with van der Waals surface area (Å²) in [5.74, 6) is 0.525. The van der Waals surface area contributed by atoms with Gasteiger partial charge in [0.2, 0.25) is 0 Å². The van der Waals surface area contributed by atoms with Crippen molar-refractivity contribution in [2.75, 3.05) is 0 Å². The Labute approximate surface area is 120 Å². The van der Waals surface area contributed by atoms with Gasteiger partial charge in [-0.25, -0.2) is 0 Å². The van der Waals surface area contributed by atoms with Crippen LogP contribution in [-0.4, -0.2) is 9.72 Å². The third-order valence-electron chi connectivity index (χ3n) is 3.77. The van der Waals surface area contributed by atoms with Crippen molar-refractivity contribution < 1.29 is 4.52 Å². The van der Waals surface area contributed by atoms with Crippen LogP contribution in [0, 0.1) is 0 Å². The van der Waals surface area contributed by atoms with E-state index in [1.54, 1.807) is 11.6 Å². The van der Waals surface area contributed by atoms with Gasteiger partial charge in [0.25, 0.3) is 5.56 Å². The second-order valence-electron chi connectivity index (χ2n) is 4.98. The molecule has 4 nitrogen and oxygen atoms in total. The first-order valence-corrected chi connectivity index (χ1v) is 6.70. The van der Waals surface area contributed by atoms with Crippen molar-refractivity contribution in [2.45, 2.75) is 0 Å². The highest BCUT2D eigenvalue weighted by Crippen LogP contribution is 2.30. The Morgan fingerprint density at radius 3 is 2.52 bits per heavy atom. The zero-order valence-corrected chi connectivity index (χ0v) is 11.4. The maximum atomic E-state index is 12.7. The van der Waals surface area contributed by atoms with Crippen LogP contribution in [0.15, 0.2) is 63.9 Å². The Bertz CT molecular complexity index is 1010. The van der Waals surface area contributed by atoms with Gasteiger partial charge in [-0.05, 0) is 6.07 Å². The lowest BCUT2D eigenvalue weighted by molar-refractivity contribution is 0.441. The average molecular weight is 276 g/mol. The number of rotatable bonds is 1. The van der Waals surface area contributed by atoms with Crippen LogP contribution in [0.1, 0.15) is 0 Å². The molecule has 102 valence electrons. The minimum atomic E-state index is -0.0937. The van der Waals surface area contributed by atoms with E-state index in [1.807, 2.05) is 54.6 Å². The van der Waals surface area contributed by atoms with E-state index >= 15 is 0 Å². The normalized spacial score (nSPS) is 11.3. The summed E-state index contributed by atoms with van der Waals surface area (Å²) in [5, 5.41) is 5.58. The number of fused-ring (bicyclic) bond motifs is 3. The number of pyridine rings is 1. The topological polar surface area (TPSA) is 48.0 Å². The first-order chi connectivity index (χ1) is 10.3. The first kappa shape index (κ1) is 11.9. The summed E-state index contributed by atoms with van der Waals surface area (Å²) in [7, 11) is 1.77. The van der Waals surface area contributed by atoms with E-state index in [0.717, 1.165) is 16.5 Å². The molecule has 0 unspecified atom stereocenters. The Morgan fingerprint density at radius 1 is 1.00 bits per heavy atom. The van der Waals surface area contributed by atoms with Gasteiger partial charge in [0, 0.05) is 18.0 Å². The monoisotopic (exact) mass is 276 g/mol. The van der Waals surface area contributed by atoms with Crippen LogP contribution in [0.25, 0.3) is 33.1 Å². The van der Waals surface area contributed by atoms with E-state index in [9.17, 15) is 4.79 Å². The molecule has 21 heavy (non-hydrogen) atoms. The number of para-hydroxylation sites is 1. The molecule has 2 heterocycles. The van der Waals surface area contributed by atoms with Gasteiger partial charge in [0.05, 0.1) is 5.52 Å². The largest absolute Gasteiger partial charge is 0.355 e. The fourth-order valence-corrected chi connectivity index (χ4v) is 2.70. The summed E-state index contributed by atoms with van der Waals surface area (Å²) >= 11 is 0. The van der Waals surface area contributed by atoms with Gasteiger partial charge in [-0.3, -0.25) is 4.79 Å². The molecule has 0 saturated carbocycles. The van der Waals surface area contributed by atoms with Gasteiger partial charge in [-0.2, -0.15) is 0 Å². The lowest BCUT2D eigenvalue weighted by atomic mass is 10.1. The van der Waals surface area contributed by atoms with Crippen LogP contribution in [0.5, 0.6) is 0 Å². The van der Waals surface area contributed by atoms with Crippen LogP contribution < -0.4 is 5.56 Å². The zero-order valence-electron chi connectivity index (χ0n) is 11.4. The molecule has 0 N–H and O–H groups in total. The smallest absolute Gasteiger partial charge is 0.264 e. The summed E-state index contributed by atoms with van der Waals surface area (Å²) < 4.78 is 7.12. The number of aromatic nitrogens is 2. The van der Waals surface area contributed by atoms with E-state index in [0.29, 0.717) is 16.7 Å². The number of benzene rings is 2. The van der Waals surface area contributed by atoms with Crippen molar-refractivity contribution in [3.63, 3.8) is 0 Å². The highest BCUT2D eigenvalue weighted by Gasteiger charge is 2.18. The van der Waals surface area contributed by atoms with Crippen molar-refractivity contribution in [3.8, 4) is 11.3 Å². The molecule has 0 aliphatic rings. The summed E-state index contributed by atoms with van der Waals surface area (Å²) in [6.45, 7) is 0. The molecule has 0 amide bonds. The lowest BCUT2D eigenvalue weighted by Gasteiger charge is -2.05. The predicted molar refractivity (Wildman–Crippen MR) is 82.2 cm³/mol. The van der Waals surface area contributed by atoms with Gasteiger partial charge >= 0.3 is 0 Å². The summed E-state index contributed by atoms with van der Waals surface area (Å²) in [6, 6.07) is 17.3. The summed E-state index contributed by atoms with van der Waals surface area (Å²) in [4.78, 5) is 12.7. The maximum absolute atomic E-state index is 12.7. The van der Waals surface area contributed by atoms with Crippen LogP contribution in [0.2, 0.25) is 0 Å². The molecular weight excluding hydrogens is 264 g/mol. The molecule has 4 aromatic rings. The first-order valence-electron chi connectivity index (χ1n) is 6.70. The second kappa shape index (κ2) is 4.31.